The summed E-state index contributed by atoms with van der Waals surface area (Å²) in [6.45, 7) is 0. The molecule has 6 aromatic rings. The van der Waals surface area contributed by atoms with Crippen LogP contribution in [0.5, 0.6) is 0 Å². The van der Waals surface area contributed by atoms with Crippen LogP contribution in [0.15, 0.2) is 156 Å². The van der Waals surface area contributed by atoms with E-state index in [4.69, 9.17) is 4.42 Å². The van der Waals surface area contributed by atoms with Crippen molar-refractivity contribution in [2.75, 3.05) is 0 Å². The van der Waals surface area contributed by atoms with E-state index in [9.17, 15) is 0 Å². The predicted molar refractivity (Wildman–Crippen MR) is 154 cm³/mol. The van der Waals surface area contributed by atoms with E-state index in [2.05, 4.69) is 12.1 Å². The van der Waals surface area contributed by atoms with Gasteiger partial charge in [-0.2, -0.15) is 0 Å². The first kappa shape index (κ1) is 23.0. The Morgan fingerprint density at radius 1 is 0.405 bits per heavy atom. The van der Waals surface area contributed by atoms with Gasteiger partial charge in [-0.05, 0) is 5.56 Å². The van der Waals surface area contributed by atoms with E-state index in [1.807, 2.05) is 140 Å². The molecule has 0 saturated heterocycles. The lowest BCUT2D eigenvalue weighted by Crippen LogP contribution is -2.26. The Labute approximate surface area is 217 Å². The van der Waals surface area contributed by atoms with E-state index in [1.54, 1.807) is 0 Å². The first-order valence-corrected chi connectivity index (χ1v) is 14.0. The minimum absolute atomic E-state index is 0.634. The van der Waals surface area contributed by atoms with Crippen LogP contribution in [0.1, 0.15) is 0 Å². The van der Waals surface area contributed by atoms with Gasteiger partial charge in [0.2, 0.25) is 0 Å². The van der Waals surface area contributed by atoms with Crippen molar-refractivity contribution in [3.8, 4) is 33.8 Å². The molecule has 0 N–H and O–H groups in total. The highest BCUT2D eigenvalue weighted by atomic mass is 31.2. The van der Waals surface area contributed by atoms with E-state index in [-0.39, 0.29) is 0 Å². The average molecular weight is 497 g/mol. The van der Waals surface area contributed by atoms with Gasteiger partial charge in [0, 0.05) is 27.3 Å². The maximum absolute atomic E-state index is 15.8. The van der Waals surface area contributed by atoms with Crippen LogP contribution in [0.4, 0.5) is 0 Å². The number of hydrogen-bond donors (Lipinski definition) is 0. The second-order valence-electron chi connectivity index (χ2n) is 8.86. The first-order valence-electron chi connectivity index (χ1n) is 12.3. The van der Waals surface area contributed by atoms with Crippen LogP contribution in [0.2, 0.25) is 0 Å². The van der Waals surface area contributed by atoms with Gasteiger partial charge in [0.15, 0.2) is 7.14 Å². The summed E-state index contributed by atoms with van der Waals surface area (Å²) >= 11 is 0. The van der Waals surface area contributed by atoms with Crippen molar-refractivity contribution in [2.24, 2.45) is 0 Å². The quantitative estimate of drug-likeness (QED) is 0.219. The molecule has 6 rings (SSSR count). The van der Waals surface area contributed by atoms with Gasteiger partial charge in [-0.15, -0.1) is 0 Å². The van der Waals surface area contributed by atoms with Crippen LogP contribution in [-0.4, -0.2) is 0 Å². The molecule has 0 radical (unpaired) electrons. The lowest BCUT2D eigenvalue weighted by Gasteiger charge is -2.22. The van der Waals surface area contributed by atoms with Crippen molar-refractivity contribution in [3.63, 3.8) is 0 Å². The van der Waals surface area contributed by atoms with E-state index >= 15 is 4.57 Å². The van der Waals surface area contributed by atoms with Crippen LogP contribution in [0, 0.1) is 0 Å². The van der Waals surface area contributed by atoms with Gasteiger partial charge in [-0.25, -0.2) is 0 Å². The molecule has 0 amide bonds. The highest BCUT2D eigenvalue weighted by Gasteiger charge is 2.39. The normalized spacial score (nSPS) is 11.4. The Morgan fingerprint density at radius 3 is 1.19 bits per heavy atom. The molecule has 178 valence electrons. The van der Waals surface area contributed by atoms with E-state index in [0.717, 1.165) is 38.2 Å². The summed E-state index contributed by atoms with van der Waals surface area (Å²) in [6, 6.07) is 49.8. The van der Waals surface area contributed by atoms with Gasteiger partial charge in [0.1, 0.15) is 11.5 Å². The Hall–Kier alpha value is -4.39. The number of hydrogen-bond acceptors (Lipinski definition) is 2. The SMILES string of the molecule is O=P(c1ccccc1)(c1ccccc1)c1c(-c2ccccc2)oc(-c2ccccc2)c1-c1ccccc1. The lowest BCUT2D eigenvalue weighted by atomic mass is 10.0. The van der Waals surface area contributed by atoms with Crippen LogP contribution >= 0.6 is 7.14 Å². The molecule has 0 spiro atoms. The molecule has 0 aliphatic carbocycles. The molecule has 2 nitrogen and oxygen atoms in total. The minimum Gasteiger partial charge on any atom is -0.455 e. The topological polar surface area (TPSA) is 30.2 Å². The number of furan rings is 1. The third-order valence-electron chi connectivity index (χ3n) is 6.57. The Bertz CT molecular complexity index is 1610. The third kappa shape index (κ3) is 4.16. The Balaban J connectivity index is 1.80. The minimum atomic E-state index is -3.38. The third-order valence-corrected chi connectivity index (χ3v) is 9.68. The molecule has 0 saturated carbocycles. The smallest absolute Gasteiger partial charge is 0.175 e. The zero-order valence-electron chi connectivity index (χ0n) is 20.2. The zero-order chi connectivity index (χ0) is 25.1. The lowest BCUT2D eigenvalue weighted by molar-refractivity contribution is 0.589. The standard InChI is InChI=1S/C34H25O2P/c35-37(29-22-12-4-13-23-29,30-24-14-5-15-25-30)34-31(26-16-6-1-7-17-26)32(27-18-8-2-9-19-27)36-33(34)28-20-10-3-11-21-28/h1-25H. The van der Waals surface area contributed by atoms with Crippen molar-refractivity contribution >= 4 is 23.1 Å². The summed E-state index contributed by atoms with van der Waals surface area (Å²) < 4.78 is 22.6. The number of rotatable bonds is 6. The van der Waals surface area contributed by atoms with E-state index in [0.29, 0.717) is 11.5 Å². The van der Waals surface area contributed by atoms with E-state index in [1.165, 1.54) is 0 Å². The Morgan fingerprint density at radius 2 is 0.757 bits per heavy atom. The fraction of sp³-hybridized carbons (Fsp3) is 0. The molecule has 3 heteroatoms. The predicted octanol–water partition coefficient (Wildman–Crippen LogP) is 7.92. The molecule has 0 unspecified atom stereocenters. The second-order valence-corrected chi connectivity index (χ2v) is 11.6. The molecule has 1 aromatic heterocycles. The van der Waals surface area contributed by atoms with Crippen molar-refractivity contribution in [2.45, 2.75) is 0 Å². The summed E-state index contributed by atoms with van der Waals surface area (Å²) in [5.74, 6) is 1.35. The van der Waals surface area contributed by atoms with Gasteiger partial charge in [0.25, 0.3) is 0 Å². The van der Waals surface area contributed by atoms with Crippen molar-refractivity contribution in [1.82, 2.24) is 0 Å². The van der Waals surface area contributed by atoms with Gasteiger partial charge in [-0.1, -0.05) is 152 Å². The fourth-order valence-corrected chi connectivity index (χ4v) is 7.86. The van der Waals surface area contributed by atoms with Gasteiger partial charge in [-0.3, -0.25) is 0 Å². The van der Waals surface area contributed by atoms with Crippen LogP contribution < -0.4 is 15.9 Å². The molecule has 5 aromatic carbocycles. The van der Waals surface area contributed by atoms with Crippen molar-refractivity contribution < 1.29 is 8.98 Å². The van der Waals surface area contributed by atoms with Gasteiger partial charge in [0.05, 0.1) is 5.30 Å². The zero-order valence-corrected chi connectivity index (χ0v) is 21.1. The summed E-state index contributed by atoms with van der Waals surface area (Å²) in [7, 11) is -3.38. The Kier molecular flexibility index (Phi) is 6.18. The maximum atomic E-state index is 15.8. The molecule has 0 fully saturated rings. The van der Waals surface area contributed by atoms with Gasteiger partial charge < -0.3 is 8.98 Å². The highest BCUT2D eigenvalue weighted by Crippen LogP contribution is 2.52. The van der Waals surface area contributed by atoms with Crippen LogP contribution in [0.3, 0.4) is 0 Å². The number of benzene rings is 5. The summed E-state index contributed by atoms with van der Waals surface area (Å²) in [5, 5.41) is 2.27. The maximum Gasteiger partial charge on any atom is 0.175 e. The average Bonchev–Trinajstić information content (AvgIpc) is 3.40. The largest absolute Gasteiger partial charge is 0.455 e. The van der Waals surface area contributed by atoms with Crippen molar-refractivity contribution in [1.29, 1.82) is 0 Å². The first-order chi connectivity index (χ1) is 18.3. The molecular formula is C34H25O2P. The molecular weight excluding hydrogens is 471 g/mol. The van der Waals surface area contributed by atoms with Crippen LogP contribution in [0.25, 0.3) is 33.8 Å². The van der Waals surface area contributed by atoms with Crippen molar-refractivity contribution in [3.05, 3.63) is 152 Å². The monoisotopic (exact) mass is 496 g/mol. The second kappa shape index (κ2) is 9.93. The molecule has 1 heterocycles. The van der Waals surface area contributed by atoms with Gasteiger partial charge >= 0.3 is 0 Å². The molecule has 0 bridgehead atoms. The summed E-state index contributed by atoms with van der Waals surface area (Å²) in [4.78, 5) is 0. The molecule has 37 heavy (non-hydrogen) atoms. The molecule has 0 aliphatic rings. The molecule has 0 atom stereocenters. The van der Waals surface area contributed by atoms with Crippen LogP contribution in [-0.2, 0) is 4.57 Å². The molecule has 0 aliphatic heterocycles. The van der Waals surface area contributed by atoms with E-state index < -0.39 is 7.14 Å². The summed E-state index contributed by atoms with van der Waals surface area (Å²) in [5.41, 5.74) is 3.66. The fourth-order valence-electron chi connectivity index (χ4n) is 4.86. The highest BCUT2D eigenvalue weighted by molar-refractivity contribution is 7.85. The summed E-state index contributed by atoms with van der Waals surface area (Å²) in [6.07, 6.45) is 0.